The summed E-state index contributed by atoms with van der Waals surface area (Å²) in [4.78, 5) is 25.1. The predicted molar refractivity (Wildman–Crippen MR) is 89.0 cm³/mol. The molecule has 1 aliphatic heterocycles. The van der Waals surface area contributed by atoms with Crippen LogP contribution in [0.4, 0.5) is 4.39 Å². The van der Waals surface area contributed by atoms with Crippen molar-refractivity contribution < 1.29 is 18.7 Å². The zero-order valence-electron chi connectivity index (χ0n) is 14.4. The highest BCUT2D eigenvalue weighted by molar-refractivity contribution is 6.43. The number of aromatic nitrogens is 2. The van der Waals surface area contributed by atoms with E-state index in [0.717, 1.165) is 0 Å². The monoisotopic (exact) mass is 345 g/mol. The van der Waals surface area contributed by atoms with Gasteiger partial charge in [0.15, 0.2) is 0 Å². The third kappa shape index (κ3) is 3.26. The molecule has 25 heavy (non-hydrogen) atoms. The molecular formula is C18H20FN3O3. The molecule has 3 rings (SSSR count). The number of hydrogen-bond acceptors (Lipinski definition) is 4. The lowest BCUT2D eigenvalue weighted by Crippen LogP contribution is -2.34. The van der Waals surface area contributed by atoms with Crippen LogP contribution >= 0.6 is 0 Å². The van der Waals surface area contributed by atoms with Gasteiger partial charge in [-0.25, -0.2) is 4.39 Å². The highest BCUT2D eigenvalue weighted by Gasteiger charge is 2.28. The van der Waals surface area contributed by atoms with E-state index in [-0.39, 0.29) is 0 Å². The molecule has 0 aliphatic carbocycles. The van der Waals surface area contributed by atoms with Crippen molar-refractivity contribution in [2.75, 3.05) is 6.61 Å². The lowest BCUT2D eigenvalue weighted by atomic mass is 10.0. The van der Waals surface area contributed by atoms with Gasteiger partial charge in [0.05, 0.1) is 23.9 Å². The predicted octanol–water partition coefficient (Wildman–Crippen LogP) is 2.39. The number of nitrogens with one attached hydrogen (secondary N) is 1. The lowest BCUT2D eigenvalue weighted by Gasteiger charge is -2.18. The first-order valence-electron chi connectivity index (χ1n) is 8.16. The first-order chi connectivity index (χ1) is 11.9. The van der Waals surface area contributed by atoms with Gasteiger partial charge in [0.2, 0.25) is 0 Å². The molecule has 0 saturated carbocycles. The Morgan fingerprint density at radius 3 is 2.80 bits per heavy atom. The van der Waals surface area contributed by atoms with E-state index in [0.29, 0.717) is 47.7 Å². The molecule has 1 aliphatic rings. The third-order valence-corrected chi connectivity index (χ3v) is 4.49. The summed E-state index contributed by atoms with van der Waals surface area (Å²) < 4.78 is 20.8. The number of benzene rings is 1. The smallest absolute Gasteiger partial charge is 0.293 e. The van der Waals surface area contributed by atoms with Crippen LogP contribution in [0.15, 0.2) is 18.2 Å². The summed E-state index contributed by atoms with van der Waals surface area (Å²) in [6.45, 7) is 3.92. The van der Waals surface area contributed by atoms with Gasteiger partial charge in [-0.05, 0) is 44.9 Å². The molecule has 1 atom stereocenters. The summed E-state index contributed by atoms with van der Waals surface area (Å²) in [7, 11) is 1.72. The van der Waals surface area contributed by atoms with Crippen molar-refractivity contribution in [3.8, 4) is 5.75 Å². The van der Waals surface area contributed by atoms with Gasteiger partial charge in [0.25, 0.3) is 11.7 Å². The zero-order valence-corrected chi connectivity index (χ0v) is 14.4. The first-order valence-corrected chi connectivity index (χ1v) is 8.16. The molecule has 1 N–H and O–H groups in total. The number of rotatable bonds is 3. The van der Waals surface area contributed by atoms with Gasteiger partial charge in [0.1, 0.15) is 11.6 Å². The van der Waals surface area contributed by atoms with Crippen LogP contribution < -0.4 is 10.1 Å². The van der Waals surface area contributed by atoms with Crippen LogP contribution in [0.25, 0.3) is 0 Å². The minimum Gasteiger partial charge on any atom is -0.493 e. The number of ketones is 1. The van der Waals surface area contributed by atoms with Gasteiger partial charge in [-0.2, -0.15) is 5.10 Å². The van der Waals surface area contributed by atoms with E-state index in [9.17, 15) is 14.0 Å². The topological polar surface area (TPSA) is 73.2 Å². The fraction of sp³-hybridized carbons (Fsp3) is 0.389. The highest BCUT2D eigenvalue weighted by atomic mass is 19.1. The van der Waals surface area contributed by atoms with E-state index in [1.807, 2.05) is 0 Å². The van der Waals surface area contributed by atoms with Gasteiger partial charge in [0, 0.05) is 18.3 Å². The largest absolute Gasteiger partial charge is 0.493 e. The minimum atomic E-state index is -0.721. The third-order valence-electron chi connectivity index (χ3n) is 4.49. The number of carbonyl (C=O) groups is 2. The number of amides is 1. The van der Waals surface area contributed by atoms with Crippen LogP contribution in [0, 0.1) is 19.7 Å². The molecule has 1 aromatic carbocycles. The number of aryl methyl sites for hydroxylation is 2. The Hall–Kier alpha value is -2.70. The van der Waals surface area contributed by atoms with E-state index in [1.54, 1.807) is 31.6 Å². The summed E-state index contributed by atoms with van der Waals surface area (Å²) in [5, 5.41) is 6.90. The number of nitrogens with zero attached hydrogens (tertiary/aromatic N) is 2. The molecule has 0 saturated heterocycles. The molecule has 7 heteroatoms. The zero-order chi connectivity index (χ0) is 18.1. The molecule has 0 radical (unpaired) electrons. The SMILES string of the molecule is Cc1nn(C)c(C)c1C(=O)C(=O)N[C@H]1CCCOc2ccc(F)cc21. The van der Waals surface area contributed by atoms with Crippen molar-refractivity contribution in [2.45, 2.75) is 32.7 Å². The Morgan fingerprint density at radius 1 is 1.36 bits per heavy atom. The van der Waals surface area contributed by atoms with Crippen LogP contribution in [0.5, 0.6) is 5.75 Å². The molecule has 132 valence electrons. The Kier molecular flexibility index (Phi) is 4.57. The van der Waals surface area contributed by atoms with Gasteiger partial charge in [-0.1, -0.05) is 0 Å². The van der Waals surface area contributed by atoms with Gasteiger partial charge < -0.3 is 10.1 Å². The van der Waals surface area contributed by atoms with E-state index < -0.39 is 23.5 Å². The van der Waals surface area contributed by atoms with Gasteiger partial charge in [-0.15, -0.1) is 0 Å². The van der Waals surface area contributed by atoms with Gasteiger partial charge in [-0.3, -0.25) is 14.3 Å². The second kappa shape index (κ2) is 6.66. The average molecular weight is 345 g/mol. The van der Waals surface area contributed by atoms with Crippen molar-refractivity contribution in [3.63, 3.8) is 0 Å². The number of Topliss-reactive ketones (excluding diaryl/α,β-unsaturated/α-hetero) is 1. The van der Waals surface area contributed by atoms with Crippen molar-refractivity contribution in [1.82, 2.24) is 15.1 Å². The maximum Gasteiger partial charge on any atom is 0.293 e. The fourth-order valence-electron chi connectivity index (χ4n) is 3.14. The maximum atomic E-state index is 13.6. The Labute approximate surface area is 145 Å². The molecule has 0 fully saturated rings. The van der Waals surface area contributed by atoms with Crippen LogP contribution in [0.1, 0.15) is 46.2 Å². The van der Waals surface area contributed by atoms with Crippen molar-refractivity contribution in [2.24, 2.45) is 7.05 Å². The van der Waals surface area contributed by atoms with E-state index in [2.05, 4.69) is 10.4 Å². The molecular weight excluding hydrogens is 325 g/mol. The van der Waals surface area contributed by atoms with Crippen molar-refractivity contribution in [3.05, 3.63) is 46.5 Å². The van der Waals surface area contributed by atoms with E-state index in [4.69, 9.17) is 4.74 Å². The second-order valence-corrected chi connectivity index (χ2v) is 6.20. The standard InChI is InChI=1S/C18H20FN3O3/c1-10-16(11(2)22(3)21-10)17(23)18(24)20-14-5-4-8-25-15-7-6-12(19)9-13(14)15/h6-7,9,14H,4-5,8H2,1-3H3,(H,20,24)/t14-/m0/s1. The van der Waals surface area contributed by atoms with Crippen LogP contribution in [0.2, 0.25) is 0 Å². The molecule has 1 aromatic heterocycles. The number of hydrogen-bond donors (Lipinski definition) is 1. The number of fused-ring (bicyclic) bond motifs is 1. The normalized spacial score (nSPS) is 16.6. The second-order valence-electron chi connectivity index (χ2n) is 6.20. The molecule has 6 nitrogen and oxygen atoms in total. The Bertz CT molecular complexity index is 844. The fourth-order valence-corrected chi connectivity index (χ4v) is 3.14. The minimum absolute atomic E-state index is 0.310. The number of carbonyl (C=O) groups excluding carboxylic acids is 2. The molecule has 2 heterocycles. The Balaban J connectivity index is 1.86. The summed E-state index contributed by atoms with van der Waals surface area (Å²) in [5.41, 5.74) is 2.01. The average Bonchev–Trinajstić information content (AvgIpc) is 2.73. The van der Waals surface area contributed by atoms with Gasteiger partial charge >= 0.3 is 0 Å². The quantitative estimate of drug-likeness (QED) is 0.685. The summed E-state index contributed by atoms with van der Waals surface area (Å²) in [5.74, 6) is -1.23. The molecule has 2 aromatic rings. The lowest BCUT2D eigenvalue weighted by molar-refractivity contribution is -0.117. The van der Waals surface area contributed by atoms with Crippen molar-refractivity contribution >= 4 is 11.7 Å². The maximum absolute atomic E-state index is 13.6. The molecule has 0 spiro atoms. The van der Waals surface area contributed by atoms with E-state index >= 15 is 0 Å². The molecule has 1 amide bonds. The summed E-state index contributed by atoms with van der Waals surface area (Å²) >= 11 is 0. The van der Waals surface area contributed by atoms with Crippen LogP contribution in [-0.4, -0.2) is 28.1 Å². The van der Waals surface area contributed by atoms with Crippen LogP contribution in [0.3, 0.4) is 0 Å². The Morgan fingerprint density at radius 2 is 2.12 bits per heavy atom. The highest BCUT2D eigenvalue weighted by Crippen LogP contribution is 2.32. The molecule has 0 unspecified atom stereocenters. The summed E-state index contributed by atoms with van der Waals surface area (Å²) in [6.07, 6.45) is 1.26. The van der Waals surface area contributed by atoms with Crippen molar-refractivity contribution in [1.29, 1.82) is 0 Å². The summed E-state index contributed by atoms with van der Waals surface area (Å²) in [6, 6.07) is 3.74. The first kappa shape index (κ1) is 17.1. The molecule has 0 bridgehead atoms. The number of halogens is 1. The van der Waals surface area contributed by atoms with Crippen LogP contribution in [-0.2, 0) is 11.8 Å². The number of ether oxygens (including phenoxy) is 1. The van der Waals surface area contributed by atoms with E-state index in [1.165, 1.54) is 12.1 Å².